The lowest BCUT2D eigenvalue weighted by Gasteiger charge is -2.05. The molecule has 0 fully saturated rings. The van der Waals surface area contributed by atoms with E-state index >= 15 is 0 Å². The zero-order valence-electron chi connectivity index (χ0n) is 10.7. The van der Waals surface area contributed by atoms with E-state index in [-0.39, 0.29) is 11.5 Å². The maximum Gasteiger partial charge on any atom is 0.350 e. The highest BCUT2D eigenvalue weighted by Crippen LogP contribution is 2.19. The lowest BCUT2D eigenvalue weighted by atomic mass is 10.2. The average molecular weight is 270 g/mol. The number of hydrogen-bond donors (Lipinski definition) is 0. The predicted octanol–water partition coefficient (Wildman–Crippen LogP) is 1.77. The molecule has 5 nitrogen and oxygen atoms in total. The second kappa shape index (κ2) is 4.73. The van der Waals surface area contributed by atoms with E-state index in [4.69, 9.17) is 0 Å². The number of halogens is 1. The zero-order chi connectivity index (χ0) is 14.1. The number of rotatable bonds is 2. The van der Waals surface area contributed by atoms with Gasteiger partial charge in [-0.25, -0.2) is 18.4 Å². The molecule has 3 aromatic rings. The maximum atomic E-state index is 13.0. The molecule has 0 unspecified atom stereocenters. The third-order valence-electron chi connectivity index (χ3n) is 2.95. The third-order valence-corrected chi connectivity index (χ3v) is 2.95. The normalized spacial score (nSPS) is 10.7. The maximum absolute atomic E-state index is 13.0. The third kappa shape index (κ3) is 2.01. The van der Waals surface area contributed by atoms with Gasteiger partial charge in [0, 0.05) is 25.0 Å². The summed E-state index contributed by atoms with van der Waals surface area (Å²) >= 11 is 0. The van der Waals surface area contributed by atoms with E-state index in [9.17, 15) is 9.18 Å². The highest BCUT2D eigenvalue weighted by molar-refractivity contribution is 5.57. The molecule has 0 saturated carbocycles. The van der Waals surface area contributed by atoms with Crippen LogP contribution in [0.25, 0.3) is 17.1 Å². The first-order valence-electron chi connectivity index (χ1n) is 5.99. The molecule has 0 aliphatic heterocycles. The summed E-state index contributed by atoms with van der Waals surface area (Å²) in [5.41, 5.74) is 1.06. The van der Waals surface area contributed by atoms with Gasteiger partial charge in [-0.15, -0.1) is 5.10 Å². The highest BCUT2D eigenvalue weighted by atomic mass is 19.1. The van der Waals surface area contributed by atoms with Gasteiger partial charge < -0.3 is 0 Å². The van der Waals surface area contributed by atoms with Gasteiger partial charge in [-0.3, -0.25) is 4.98 Å². The SMILES string of the molecule is Cn1nc(-c2ccc(F)cc2)n(-c2ccncc2)c1=O. The fourth-order valence-corrected chi connectivity index (χ4v) is 1.98. The van der Waals surface area contributed by atoms with Crippen LogP contribution in [-0.2, 0) is 7.05 Å². The van der Waals surface area contributed by atoms with Crippen LogP contribution < -0.4 is 5.69 Å². The average Bonchev–Trinajstić information content (AvgIpc) is 2.77. The summed E-state index contributed by atoms with van der Waals surface area (Å²) < 4.78 is 15.7. The number of nitrogens with zero attached hydrogens (tertiary/aromatic N) is 4. The molecule has 0 bridgehead atoms. The summed E-state index contributed by atoms with van der Waals surface area (Å²) in [6.45, 7) is 0. The lowest BCUT2D eigenvalue weighted by Crippen LogP contribution is -2.21. The van der Waals surface area contributed by atoms with Crippen molar-refractivity contribution >= 4 is 0 Å². The fraction of sp³-hybridized carbons (Fsp3) is 0.0714. The number of pyridine rings is 1. The van der Waals surface area contributed by atoms with Crippen LogP contribution in [0.4, 0.5) is 4.39 Å². The molecule has 0 aliphatic rings. The quantitative estimate of drug-likeness (QED) is 0.713. The molecular formula is C14H11FN4O. The van der Waals surface area contributed by atoms with Gasteiger partial charge in [-0.1, -0.05) is 0 Å². The van der Waals surface area contributed by atoms with Crippen molar-refractivity contribution in [3.8, 4) is 17.1 Å². The number of aromatic nitrogens is 4. The van der Waals surface area contributed by atoms with Crippen LogP contribution in [0.5, 0.6) is 0 Å². The highest BCUT2D eigenvalue weighted by Gasteiger charge is 2.14. The van der Waals surface area contributed by atoms with Gasteiger partial charge >= 0.3 is 5.69 Å². The van der Waals surface area contributed by atoms with E-state index in [1.54, 1.807) is 43.7 Å². The Bertz CT molecular complexity index is 790. The Hall–Kier alpha value is -2.76. The lowest BCUT2D eigenvalue weighted by molar-refractivity contribution is 0.628. The molecule has 0 amide bonds. The molecule has 2 heterocycles. The molecule has 6 heteroatoms. The van der Waals surface area contributed by atoms with Gasteiger partial charge in [0.2, 0.25) is 0 Å². The Balaban J connectivity index is 2.25. The second-order valence-electron chi connectivity index (χ2n) is 4.28. The van der Waals surface area contributed by atoms with Crippen LogP contribution >= 0.6 is 0 Å². The smallest absolute Gasteiger partial charge is 0.265 e. The first-order chi connectivity index (χ1) is 9.66. The van der Waals surface area contributed by atoms with Crippen molar-refractivity contribution in [2.24, 2.45) is 7.05 Å². The van der Waals surface area contributed by atoms with Crippen molar-refractivity contribution in [3.05, 3.63) is 65.1 Å². The minimum absolute atomic E-state index is 0.268. The summed E-state index contributed by atoms with van der Waals surface area (Å²) in [4.78, 5) is 16.1. The summed E-state index contributed by atoms with van der Waals surface area (Å²) in [5.74, 6) is 0.131. The molecule has 0 N–H and O–H groups in total. The van der Waals surface area contributed by atoms with Crippen molar-refractivity contribution in [2.75, 3.05) is 0 Å². The monoisotopic (exact) mass is 270 g/mol. The minimum atomic E-state index is -0.331. The largest absolute Gasteiger partial charge is 0.350 e. The Morgan fingerprint density at radius 2 is 1.70 bits per heavy atom. The van der Waals surface area contributed by atoms with Crippen LogP contribution in [0.3, 0.4) is 0 Å². The first-order valence-corrected chi connectivity index (χ1v) is 5.99. The minimum Gasteiger partial charge on any atom is -0.265 e. The van der Waals surface area contributed by atoms with Gasteiger partial charge in [0.05, 0.1) is 5.69 Å². The first kappa shape index (κ1) is 12.3. The van der Waals surface area contributed by atoms with Crippen molar-refractivity contribution in [2.45, 2.75) is 0 Å². The van der Waals surface area contributed by atoms with Crippen LogP contribution in [0.15, 0.2) is 53.6 Å². The Kier molecular flexibility index (Phi) is 2.90. The molecule has 1 aromatic carbocycles. The van der Waals surface area contributed by atoms with Gasteiger partial charge in [-0.05, 0) is 36.4 Å². The number of hydrogen-bond acceptors (Lipinski definition) is 3. The van der Waals surface area contributed by atoms with Crippen molar-refractivity contribution in [3.63, 3.8) is 0 Å². The van der Waals surface area contributed by atoms with E-state index in [2.05, 4.69) is 10.1 Å². The fourth-order valence-electron chi connectivity index (χ4n) is 1.98. The zero-order valence-corrected chi connectivity index (χ0v) is 10.7. The Morgan fingerprint density at radius 3 is 2.35 bits per heavy atom. The van der Waals surface area contributed by atoms with Crippen LogP contribution in [-0.4, -0.2) is 19.3 Å². The van der Waals surface area contributed by atoms with Gasteiger partial charge in [0.1, 0.15) is 5.82 Å². The molecule has 0 atom stereocenters. The van der Waals surface area contributed by atoms with Crippen molar-refractivity contribution < 1.29 is 4.39 Å². The molecule has 0 spiro atoms. The van der Waals surface area contributed by atoms with E-state index in [1.165, 1.54) is 21.4 Å². The second-order valence-corrected chi connectivity index (χ2v) is 4.28. The summed E-state index contributed by atoms with van der Waals surface area (Å²) in [7, 11) is 1.58. The van der Waals surface area contributed by atoms with Gasteiger partial charge in [0.15, 0.2) is 5.82 Å². The Labute approximate surface area is 113 Å². The summed E-state index contributed by atoms with van der Waals surface area (Å²) in [5, 5.41) is 4.21. The molecule has 100 valence electrons. The number of benzene rings is 1. The van der Waals surface area contributed by atoms with Crippen LogP contribution in [0.1, 0.15) is 0 Å². The topological polar surface area (TPSA) is 52.7 Å². The molecule has 2 aromatic heterocycles. The summed E-state index contributed by atoms with van der Waals surface area (Å²) in [6.07, 6.45) is 3.20. The molecule has 0 saturated heterocycles. The van der Waals surface area contributed by atoms with Crippen molar-refractivity contribution in [1.29, 1.82) is 0 Å². The van der Waals surface area contributed by atoms with E-state index in [1.807, 2.05) is 0 Å². The molecule has 0 aliphatic carbocycles. The van der Waals surface area contributed by atoms with Crippen LogP contribution in [0.2, 0.25) is 0 Å². The molecule has 0 radical (unpaired) electrons. The summed E-state index contributed by atoms with van der Waals surface area (Å²) in [6, 6.07) is 9.30. The standard InChI is InChI=1S/C14H11FN4O/c1-18-14(20)19(12-6-8-16-9-7-12)13(17-18)10-2-4-11(15)5-3-10/h2-9H,1H3. The predicted molar refractivity (Wildman–Crippen MR) is 72.0 cm³/mol. The van der Waals surface area contributed by atoms with Gasteiger partial charge in [0.25, 0.3) is 0 Å². The van der Waals surface area contributed by atoms with E-state index < -0.39 is 0 Å². The Morgan fingerprint density at radius 1 is 1.05 bits per heavy atom. The molecular weight excluding hydrogens is 259 g/mol. The number of aryl methyl sites for hydroxylation is 1. The van der Waals surface area contributed by atoms with Crippen LogP contribution in [0, 0.1) is 5.82 Å². The molecule has 20 heavy (non-hydrogen) atoms. The molecule has 3 rings (SSSR count). The van der Waals surface area contributed by atoms with E-state index in [0.717, 1.165) is 0 Å². The van der Waals surface area contributed by atoms with E-state index in [0.29, 0.717) is 17.1 Å². The van der Waals surface area contributed by atoms with Gasteiger partial charge in [-0.2, -0.15) is 0 Å². The van der Waals surface area contributed by atoms with Crippen molar-refractivity contribution in [1.82, 2.24) is 19.3 Å².